The van der Waals surface area contributed by atoms with Crippen LogP contribution < -0.4 is 15.0 Å². The number of rotatable bonds is 9. The van der Waals surface area contributed by atoms with Gasteiger partial charge in [0.1, 0.15) is 5.56 Å². The van der Waals surface area contributed by atoms with Crippen molar-refractivity contribution in [1.82, 2.24) is 4.98 Å². The standard InChI is InChI=1S/C15H23NO5/c1-4-5-6-7-8-9-10(17)11-12(18)13(20-2)15(21-3)16-14(11)19/h4-9H2,1-3H3,(H2,16,18,19). The Morgan fingerprint density at radius 2 is 1.81 bits per heavy atom. The molecule has 1 aromatic rings. The molecule has 0 saturated carbocycles. The van der Waals surface area contributed by atoms with E-state index in [1.54, 1.807) is 0 Å². The fourth-order valence-electron chi connectivity index (χ4n) is 2.16. The molecule has 118 valence electrons. The van der Waals surface area contributed by atoms with Crippen LogP contribution in [0.4, 0.5) is 0 Å². The van der Waals surface area contributed by atoms with Crippen LogP contribution in [0.15, 0.2) is 4.79 Å². The van der Waals surface area contributed by atoms with E-state index in [2.05, 4.69) is 11.9 Å². The highest BCUT2D eigenvalue weighted by Gasteiger charge is 2.23. The van der Waals surface area contributed by atoms with E-state index >= 15 is 0 Å². The molecular formula is C15H23NO5. The Morgan fingerprint density at radius 1 is 1.14 bits per heavy atom. The van der Waals surface area contributed by atoms with Crippen molar-refractivity contribution in [2.24, 2.45) is 0 Å². The van der Waals surface area contributed by atoms with Gasteiger partial charge >= 0.3 is 0 Å². The van der Waals surface area contributed by atoms with Gasteiger partial charge in [0.2, 0.25) is 11.6 Å². The number of carbonyl (C=O) groups excluding carboxylic acids is 1. The fourth-order valence-corrected chi connectivity index (χ4v) is 2.16. The lowest BCUT2D eigenvalue weighted by molar-refractivity contribution is 0.0974. The number of ketones is 1. The van der Waals surface area contributed by atoms with Crippen LogP contribution in [0.1, 0.15) is 55.8 Å². The van der Waals surface area contributed by atoms with Gasteiger partial charge in [0, 0.05) is 6.42 Å². The highest BCUT2D eigenvalue weighted by atomic mass is 16.5. The maximum atomic E-state index is 12.1. The highest BCUT2D eigenvalue weighted by molar-refractivity contribution is 5.99. The van der Waals surface area contributed by atoms with E-state index in [0.717, 1.165) is 25.7 Å². The SMILES string of the molecule is CCCCCCCC(=O)c1c(O)c(OC)c(OC)[nH]c1=O. The number of Topliss-reactive ketones (excluding diaryl/α,β-unsaturated/α-hetero) is 1. The first-order valence-corrected chi connectivity index (χ1v) is 7.17. The van der Waals surface area contributed by atoms with E-state index < -0.39 is 11.3 Å². The Balaban J connectivity index is 2.87. The second-order valence-electron chi connectivity index (χ2n) is 4.83. The second-order valence-corrected chi connectivity index (χ2v) is 4.83. The predicted molar refractivity (Wildman–Crippen MR) is 79.5 cm³/mol. The Morgan fingerprint density at radius 3 is 2.38 bits per heavy atom. The van der Waals surface area contributed by atoms with Crippen molar-refractivity contribution < 1.29 is 19.4 Å². The zero-order valence-electron chi connectivity index (χ0n) is 12.8. The molecule has 6 heteroatoms. The second kappa shape index (κ2) is 8.34. The van der Waals surface area contributed by atoms with Crippen molar-refractivity contribution in [1.29, 1.82) is 0 Å². The first-order valence-electron chi connectivity index (χ1n) is 7.17. The van der Waals surface area contributed by atoms with Gasteiger partial charge in [-0.15, -0.1) is 0 Å². The van der Waals surface area contributed by atoms with Gasteiger partial charge in [0.15, 0.2) is 11.5 Å². The predicted octanol–water partition coefficient (Wildman–Crippen LogP) is 2.64. The summed E-state index contributed by atoms with van der Waals surface area (Å²) in [6.45, 7) is 2.12. The molecule has 0 atom stereocenters. The highest BCUT2D eigenvalue weighted by Crippen LogP contribution is 2.35. The fraction of sp³-hybridized carbons (Fsp3) is 0.600. The van der Waals surface area contributed by atoms with Crippen molar-refractivity contribution in [3.63, 3.8) is 0 Å². The molecule has 1 aromatic heterocycles. The quantitative estimate of drug-likeness (QED) is 0.540. The summed E-state index contributed by atoms with van der Waals surface area (Å²) in [5.74, 6) is -0.881. The summed E-state index contributed by atoms with van der Waals surface area (Å²) in [6, 6.07) is 0. The van der Waals surface area contributed by atoms with Crippen LogP contribution in [0.25, 0.3) is 0 Å². The van der Waals surface area contributed by atoms with Gasteiger partial charge in [0.25, 0.3) is 5.56 Å². The number of ether oxygens (including phenoxy) is 2. The lowest BCUT2D eigenvalue weighted by Crippen LogP contribution is -2.19. The normalized spacial score (nSPS) is 10.4. The molecule has 0 amide bonds. The van der Waals surface area contributed by atoms with Crippen molar-refractivity contribution in [2.45, 2.75) is 45.4 Å². The Kier molecular flexibility index (Phi) is 6.78. The lowest BCUT2D eigenvalue weighted by Gasteiger charge is -2.11. The topological polar surface area (TPSA) is 88.6 Å². The molecule has 6 nitrogen and oxygen atoms in total. The number of aromatic hydroxyl groups is 1. The van der Waals surface area contributed by atoms with Crippen LogP contribution in [0.3, 0.4) is 0 Å². The summed E-state index contributed by atoms with van der Waals surface area (Å²) in [7, 11) is 2.66. The molecule has 1 heterocycles. The summed E-state index contributed by atoms with van der Waals surface area (Å²) < 4.78 is 9.88. The van der Waals surface area contributed by atoms with Crippen LogP contribution in [-0.2, 0) is 0 Å². The number of hydrogen-bond donors (Lipinski definition) is 2. The number of hydrogen-bond acceptors (Lipinski definition) is 5. The zero-order valence-corrected chi connectivity index (χ0v) is 12.8. The average Bonchev–Trinajstić information content (AvgIpc) is 2.46. The summed E-state index contributed by atoms with van der Waals surface area (Å²) >= 11 is 0. The van der Waals surface area contributed by atoms with Gasteiger partial charge in [-0.05, 0) is 6.42 Å². The Labute approximate surface area is 124 Å². The van der Waals surface area contributed by atoms with Crippen LogP contribution in [-0.4, -0.2) is 30.1 Å². The summed E-state index contributed by atoms with van der Waals surface area (Å²) in [6.07, 6.45) is 5.20. The van der Waals surface area contributed by atoms with Gasteiger partial charge in [-0.1, -0.05) is 32.6 Å². The van der Waals surface area contributed by atoms with Crippen LogP contribution in [0, 0.1) is 0 Å². The van der Waals surface area contributed by atoms with Crippen LogP contribution in [0.5, 0.6) is 17.4 Å². The summed E-state index contributed by atoms with van der Waals surface area (Å²) in [5, 5.41) is 10.0. The molecule has 2 N–H and O–H groups in total. The van der Waals surface area contributed by atoms with Gasteiger partial charge in [0.05, 0.1) is 14.2 Å². The third-order valence-corrected chi connectivity index (χ3v) is 3.31. The first kappa shape index (κ1) is 17.1. The maximum absolute atomic E-state index is 12.1. The van der Waals surface area contributed by atoms with E-state index in [4.69, 9.17) is 9.47 Å². The molecule has 0 aliphatic heterocycles. The number of H-pyrrole nitrogens is 1. The van der Waals surface area contributed by atoms with E-state index in [1.165, 1.54) is 14.2 Å². The third-order valence-electron chi connectivity index (χ3n) is 3.31. The zero-order chi connectivity index (χ0) is 15.8. The van der Waals surface area contributed by atoms with Crippen molar-refractivity contribution in [3.05, 3.63) is 15.9 Å². The van der Waals surface area contributed by atoms with Crippen molar-refractivity contribution >= 4 is 5.78 Å². The van der Waals surface area contributed by atoms with Gasteiger partial charge in [-0.2, -0.15) is 0 Å². The molecule has 0 aliphatic rings. The molecule has 0 unspecified atom stereocenters. The number of carbonyl (C=O) groups is 1. The largest absolute Gasteiger partial charge is 0.503 e. The molecule has 0 aliphatic carbocycles. The molecule has 1 rings (SSSR count). The molecule has 0 bridgehead atoms. The number of methoxy groups -OCH3 is 2. The van der Waals surface area contributed by atoms with E-state index in [-0.39, 0.29) is 29.4 Å². The molecule has 21 heavy (non-hydrogen) atoms. The minimum Gasteiger partial charge on any atom is -0.503 e. The molecular weight excluding hydrogens is 274 g/mol. The third kappa shape index (κ3) is 4.24. The number of aromatic nitrogens is 1. The van der Waals surface area contributed by atoms with Crippen LogP contribution >= 0.6 is 0 Å². The summed E-state index contributed by atoms with van der Waals surface area (Å²) in [5.41, 5.74) is -0.924. The van der Waals surface area contributed by atoms with E-state index in [0.29, 0.717) is 6.42 Å². The van der Waals surface area contributed by atoms with Gasteiger partial charge in [-0.25, -0.2) is 0 Å². The molecule has 0 radical (unpaired) electrons. The number of unbranched alkanes of at least 4 members (excludes halogenated alkanes) is 4. The molecule has 0 fully saturated rings. The number of pyridine rings is 1. The molecule has 0 aromatic carbocycles. The monoisotopic (exact) mass is 297 g/mol. The number of nitrogens with one attached hydrogen (secondary N) is 1. The smallest absolute Gasteiger partial charge is 0.265 e. The maximum Gasteiger partial charge on any atom is 0.265 e. The Hall–Kier alpha value is -1.98. The molecule has 0 saturated heterocycles. The van der Waals surface area contributed by atoms with Crippen molar-refractivity contribution in [2.75, 3.05) is 14.2 Å². The Bertz CT molecular complexity index is 536. The minimum atomic E-state index is -0.663. The van der Waals surface area contributed by atoms with Crippen LogP contribution in [0.2, 0.25) is 0 Å². The van der Waals surface area contributed by atoms with E-state index in [1.807, 2.05) is 0 Å². The minimum absolute atomic E-state index is 0.000467. The average molecular weight is 297 g/mol. The number of aromatic amines is 1. The molecule has 0 spiro atoms. The lowest BCUT2D eigenvalue weighted by atomic mass is 10.0. The van der Waals surface area contributed by atoms with Gasteiger partial charge < -0.3 is 14.6 Å². The van der Waals surface area contributed by atoms with E-state index in [9.17, 15) is 14.7 Å². The first-order chi connectivity index (χ1) is 10.1. The van der Waals surface area contributed by atoms with Crippen molar-refractivity contribution in [3.8, 4) is 17.4 Å². The summed E-state index contributed by atoms with van der Waals surface area (Å²) in [4.78, 5) is 26.4. The van der Waals surface area contributed by atoms with Gasteiger partial charge in [-0.3, -0.25) is 14.6 Å².